The first kappa shape index (κ1) is 25.2. The Morgan fingerprint density at radius 1 is 1.23 bits per heavy atom. The highest BCUT2D eigenvalue weighted by Crippen LogP contribution is 2.50. The molecule has 2 aromatic rings. The summed E-state index contributed by atoms with van der Waals surface area (Å²) in [7, 11) is 0. The van der Waals surface area contributed by atoms with Crippen LogP contribution in [0.2, 0.25) is 0 Å². The molecule has 4 rings (SSSR count). The van der Waals surface area contributed by atoms with Gasteiger partial charge in [0.1, 0.15) is 17.4 Å². The number of carbonyl (C=O) groups is 1. The maximum absolute atomic E-state index is 12.1. The van der Waals surface area contributed by atoms with Crippen LogP contribution in [0.25, 0.3) is 4.91 Å². The summed E-state index contributed by atoms with van der Waals surface area (Å²) in [6, 6.07) is 14.7. The molecule has 0 aromatic heterocycles. The molecule has 35 heavy (non-hydrogen) atoms. The van der Waals surface area contributed by atoms with Gasteiger partial charge in [-0.3, -0.25) is 5.43 Å². The molecule has 2 aromatic carbocycles. The first-order valence-corrected chi connectivity index (χ1v) is 13.0. The van der Waals surface area contributed by atoms with E-state index < -0.39 is 11.7 Å². The van der Waals surface area contributed by atoms with Gasteiger partial charge >= 0.3 is 6.09 Å². The van der Waals surface area contributed by atoms with E-state index in [4.69, 9.17) is 9.47 Å². The van der Waals surface area contributed by atoms with Crippen molar-refractivity contribution >= 4 is 22.8 Å². The molecule has 0 fully saturated rings. The Bertz CT molecular complexity index is 1180. The fraction of sp³-hybridized carbons (Fsp3) is 0.429. The number of allylic oxidation sites excluding steroid dienone is 1. The summed E-state index contributed by atoms with van der Waals surface area (Å²) in [5.41, 5.74) is 10.8. The van der Waals surface area contributed by atoms with Crippen LogP contribution in [0, 0.1) is 11.3 Å². The molecule has 7 heteroatoms. The number of carbonyl (C=O) groups excluding carboxylic acids is 1. The average Bonchev–Trinajstić information content (AvgIpc) is 3.44. The Kier molecular flexibility index (Phi) is 7.44. The number of ether oxygens (including phenoxy) is 2. The average molecular weight is 492 g/mol. The molecule has 6 nitrogen and oxygen atoms in total. The number of hydrazine groups is 1. The van der Waals surface area contributed by atoms with Crippen LogP contribution in [-0.2, 0) is 11.2 Å². The topological polar surface area (TPSA) is 83.4 Å². The highest BCUT2D eigenvalue weighted by Gasteiger charge is 2.29. The third-order valence-electron chi connectivity index (χ3n) is 5.93. The van der Waals surface area contributed by atoms with E-state index in [1.165, 1.54) is 21.6 Å². The van der Waals surface area contributed by atoms with E-state index in [1.807, 2.05) is 58.5 Å². The lowest BCUT2D eigenvalue weighted by molar-refractivity contribution is 0.0487. The molecule has 0 bridgehead atoms. The maximum Gasteiger partial charge on any atom is 0.422 e. The number of rotatable bonds is 6. The molecule has 2 aliphatic rings. The largest absolute Gasteiger partial charge is 0.490 e. The zero-order valence-corrected chi connectivity index (χ0v) is 21.8. The minimum absolute atomic E-state index is 0.0277. The Morgan fingerprint density at radius 3 is 2.74 bits per heavy atom. The van der Waals surface area contributed by atoms with Crippen molar-refractivity contribution in [3.05, 3.63) is 70.3 Å². The summed E-state index contributed by atoms with van der Waals surface area (Å²) in [6.45, 7) is 9.46. The van der Waals surface area contributed by atoms with Crippen LogP contribution < -0.4 is 15.6 Å². The molecule has 2 N–H and O–H groups in total. The van der Waals surface area contributed by atoms with Crippen LogP contribution >= 0.6 is 11.8 Å². The van der Waals surface area contributed by atoms with Gasteiger partial charge in [0.15, 0.2) is 0 Å². The van der Waals surface area contributed by atoms with E-state index in [9.17, 15) is 10.1 Å². The Balaban J connectivity index is 1.45. The summed E-state index contributed by atoms with van der Waals surface area (Å²) < 4.78 is 11.1. The molecule has 2 atom stereocenters. The second-order valence-corrected chi connectivity index (χ2v) is 11.4. The van der Waals surface area contributed by atoms with Crippen molar-refractivity contribution in [3.8, 4) is 11.8 Å². The van der Waals surface area contributed by atoms with Crippen molar-refractivity contribution in [2.24, 2.45) is 0 Å². The molecule has 184 valence electrons. The van der Waals surface area contributed by atoms with E-state index >= 15 is 0 Å². The fourth-order valence-electron chi connectivity index (χ4n) is 4.52. The SMILES string of the molecule is CC(C)Oc1ccc(C2CC=C(c3cccc4c3CCC4NNC(=O)OC(C)(C)C)S2)cc1C#N. The van der Waals surface area contributed by atoms with Crippen molar-refractivity contribution in [2.45, 2.75) is 76.9 Å². The minimum atomic E-state index is -0.537. The number of nitrogens with zero attached hydrogens (tertiary/aromatic N) is 1. The summed E-state index contributed by atoms with van der Waals surface area (Å²) in [5, 5.41) is 9.87. The van der Waals surface area contributed by atoms with Crippen LogP contribution in [0.4, 0.5) is 4.79 Å². The number of amides is 1. The Labute approximate surface area is 212 Å². The summed E-state index contributed by atoms with van der Waals surface area (Å²) >= 11 is 1.85. The molecule has 0 spiro atoms. The van der Waals surface area contributed by atoms with Crippen LogP contribution in [0.15, 0.2) is 42.5 Å². The highest BCUT2D eigenvalue weighted by molar-refractivity contribution is 8.08. The van der Waals surface area contributed by atoms with Gasteiger partial charge in [0.2, 0.25) is 0 Å². The predicted molar refractivity (Wildman–Crippen MR) is 140 cm³/mol. The fourth-order valence-corrected chi connectivity index (χ4v) is 5.81. The van der Waals surface area contributed by atoms with Gasteiger partial charge < -0.3 is 9.47 Å². The summed E-state index contributed by atoms with van der Waals surface area (Å²) in [5.74, 6) is 0.641. The van der Waals surface area contributed by atoms with Crippen molar-refractivity contribution in [2.75, 3.05) is 0 Å². The number of nitrogens with one attached hydrogen (secondary N) is 2. The second-order valence-electron chi connectivity index (χ2n) is 10.2. The number of hydrogen-bond donors (Lipinski definition) is 2. The van der Waals surface area contributed by atoms with Gasteiger partial charge in [0, 0.05) is 10.2 Å². The number of fused-ring (bicyclic) bond motifs is 1. The Morgan fingerprint density at radius 2 is 2.03 bits per heavy atom. The van der Waals surface area contributed by atoms with Gasteiger partial charge in [-0.25, -0.2) is 10.2 Å². The Hall–Kier alpha value is -2.95. The molecule has 0 saturated carbocycles. The zero-order chi connectivity index (χ0) is 25.2. The summed E-state index contributed by atoms with van der Waals surface area (Å²) in [4.78, 5) is 13.3. The normalized spacial score (nSPS) is 19.2. The van der Waals surface area contributed by atoms with Crippen LogP contribution in [0.1, 0.15) is 86.6 Å². The molecule has 2 unspecified atom stereocenters. The minimum Gasteiger partial charge on any atom is -0.490 e. The highest BCUT2D eigenvalue weighted by atomic mass is 32.2. The molecular formula is C28H33N3O3S. The number of hydrogen-bond acceptors (Lipinski definition) is 6. The van der Waals surface area contributed by atoms with Gasteiger partial charge in [-0.2, -0.15) is 5.26 Å². The van der Waals surface area contributed by atoms with Crippen molar-refractivity contribution in [3.63, 3.8) is 0 Å². The van der Waals surface area contributed by atoms with Gasteiger partial charge in [0.25, 0.3) is 0 Å². The smallest absolute Gasteiger partial charge is 0.422 e. The van der Waals surface area contributed by atoms with E-state index in [1.54, 1.807) is 0 Å². The lowest BCUT2D eigenvalue weighted by Crippen LogP contribution is -2.42. The third kappa shape index (κ3) is 6.01. The van der Waals surface area contributed by atoms with Crippen molar-refractivity contribution < 1.29 is 14.3 Å². The van der Waals surface area contributed by atoms with Crippen LogP contribution in [0.5, 0.6) is 5.75 Å². The van der Waals surface area contributed by atoms with Crippen LogP contribution in [0.3, 0.4) is 0 Å². The molecule has 0 saturated heterocycles. The van der Waals surface area contributed by atoms with Crippen LogP contribution in [-0.4, -0.2) is 17.8 Å². The molecule has 0 radical (unpaired) electrons. The van der Waals surface area contributed by atoms with Crippen molar-refractivity contribution in [1.29, 1.82) is 5.26 Å². The molecule has 1 heterocycles. The monoisotopic (exact) mass is 491 g/mol. The number of thioether (sulfide) groups is 1. The first-order chi connectivity index (χ1) is 16.6. The van der Waals surface area contributed by atoms with E-state index in [0.717, 1.165) is 24.8 Å². The molecule has 1 amide bonds. The predicted octanol–water partition coefficient (Wildman–Crippen LogP) is 6.58. The molecule has 1 aliphatic heterocycles. The number of benzene rings is 2. The van der Waals surface area contributed by atoms with E-state index in [2.05, 4.69) is 47.3 Å². The maximum atomic E-state index is 12.1. The quantitative estimate of drug-likeness (QED) is 0.444. The lowest BCUT2D eigenvalue weighted by atomic mass is 10.0. The third-order valence-corrected chi connectivity index (χ3v) is 7.32. The van der Waals surface area contributed by atoms with Gasteiger partial charge in [-0.05, 0) is 88.3 Å². The van der Waals surface area contributed by atoms with Gasteiger partial charge in [-0.1, -0.05) is 30.3 Å². The van der Waals surface area contributed by atoms with Gasteiger partial charge in [0.05, 0.1) is 17.7 Å². The van der Waals surface area contributed by atoms with Crippen molar-refractivity contribution in [1.82, 2.24) is 10.9 Å². The summed E-state index contributed by atoms with van der Waals surface area (Å²) in [6.07, 6.45) is 4.63. The molecular weight excluding hydrogens is 458 g/mol. The van der Waals surface area contributed by atoms with Gasteiger partial charge in [-0.15, -0.1) is 11.8 Å². The van der Waals surface area contributed by atoms with E-state index in [-0.39, 0.29) is 17.4 Å². The lowest BCUT2D eigenvalue weighted by Gasteiger charge is -2.21. The van der Waals surface area contributed by atoms with E-state index in [0.29, 0.717) is 11.3 Å². The molecule has 1 aliphatic carbocycles. The zero-order valence-electron chi connectivity index (χ0n) is 21.0. The number of nitriles is 1. The standard InChI is InChI=1S/C28H33N3O3S/c1-17(2)33-24-12-9-18(15-19(24)16-29)25-13-14-26(35-25)22-8-6-7-21-20(22)10-11-23(21)30-31-27(32)34-28(3,4)5/h6-9,12,14-15,17,23,25,30H,10-11,13H2,1-5H3,(H,31,32). The second kappa shape index (κ2) is 10.3. The first-order valence-electron chi connectivity index (χ1n) is 12.1.